The molecule has 262 valence electrons. The van der Waals surface area contributed by atoms with Crippen molar-refractivity contribution in [3.63, 3.8) is 0 Å². The molecule has 5 nitrogen and oxygen atoms in total. The molecule has 0 amide bonds. The van der Waals surface area contributed by atoms with Gasteiger partial charge in [0.1, 0.15) is 11.2 Å². The van der Waals surface area contributed by atoms with Crippen molar-refractivity contribution in [2.24, 2.45) is 0 Å². The zero-order chi connectivity index (χ0) is 37.0. The first-order chi connectivity index (χ1) is 27.8. The largest absolute Gasteiger partial charge is 0.456 e. The molecule has 0 atom stereocenters. The van der Waals surface area contributed by atoms with Crippen molar-refractivity contribution in [2.45, 2.75) is 0 Å². The molecule has 0 saturated heterocycles. The summed E-state index contributed by atoms with van der Waals surface area (Å²) in [6.45, 7) is 0. The first kappa shape index (κ1) is 31.9. The van der Waals surface area contributed by atoms with Gasteiger partial charge in [0.25, 0.3) is 0 Å². The number of nitrogens with zero attached hydrogens (tertiary/aromatic N) is 4. The molecule has 0 saturated carbocycles. The maximum atomic E-state index is 6.59. The summed E-state index contributed by atoms with van der Waals surface area (Å²) in [5, 5.41) is 9.01. The van der Waals surface area contributed by atoms with Gasteiger partial charge in [-0.25, -0.2) is 15.0 Å². The van der Waals surface area contributed by atoms with Crippen LogP contribution in [0.3, 0.4) is 0 Å². The van der Waals surface area contributed by atoms with Gasteiger partial charge in [-0.1, -0.05) is 158 Å². The quantitative estimate of drug-likeness (QED) is 0.182. The van der Waals surface area contributed by atoms with Gasteiger partial charge in [0, 0.05) is 43.9 Å². The van der Waals surface area contributed by atoms with E-state index in [-0.39, 0.29) is 0 Å². The fourth-order valence-electron chi connectivity index (χ4n) is 8.18. The van der Waals surface area contributed by atoms with Gasteiger partial charge in [-0.3, -0.25) is 0 Å². The Balaban J connectivity index is 1.24. The average molecular weight is 717 g/mol. The fraction of sp³-hybridized carbons (Fsp3) is 0. The first-order valence-corrected chi connectivity index (χ1v) is 18.8. The number of para-hydroxylation sites is 2. The van der Waals surface area contributed by atoms with Crippen LogP contribution in [-0.4, -0.2) is 19.5 Å². The third kappa shape index (κ3) is 5.21. The van der Waals surface area contributed by atoms with Crippen molar-refractivity contribution in [1.29, 1.82) is 0 Å². The monoisotopic (exact) mass is 716 g/mol. The minimum atomic E-state index is 0.586. The molecule has 0 N–H and O–H groups in total. The highest BCUT2D eigenvalue weighted by molar-refractivity contribution is 6.20. The van der Waals surface area contributed by atoms with Crippen molar-refractivity contribution in [3.8, 4) is 39.9 Å². The Labute approximate surface area is 322 Å². The van der Waals surface area contributed by atoms with Gasteiger partial charge in [0.05, 0.1) is 11.0 Å². The van der Waals surface area contributed by atoms with E-state index in [1.165, 1.54) is 21.5 Å². The normalized spacial score (nSPS) is 11.6. The molecule has 3 heterocycles. The molecular weight excluding hydrogens is 685 g/mol. The number of rotatable bonds is 4. The number of benzene rings is 8. The van der Waals surface area contributed by atoms with Gasteiger partial charge >= 0.3 is 0 Å². The van der Waals surface area contributed by atoms with Crippen LogP contribution in [0.4, 0.5) is 0 Å². The number of hydrogen-bond acceptors (Lipinski definition) is 4. The van der Waals surface area contributed by atoms with Crippen molar-refractivity contribution in [3.05, 3.63) is 194 Å². The summed E-state index contributed by atoms with van der Waals surface area (Å²) in [7, 11) is 0. The minimum absolute atomic E-state index is 0.586. The van der Waals surface area contributed by atoms with Gasteiger partial charge in [-0.2, -0.15) is 0 Å². The summed E-state index contributed by atoms with van der Waals surface area (Å²) >= 11 is 0. The number of fused-ring (bicyclic) bond motifs is 10. The number of furan rings is 1. The third-order valence-corrected chi connectivity index (χ3v) is 10.7. The van der Waals surface area contributed by atoms with E-state index in [4.69, 9.17) is 19.4 Å². The van der Waals surface area contributed by atoms with Gasteiger partial charge in [0.2, 0.25) is 0 Å². The SMILES string of the molecule is c1ccc(-c2nc(-c3ccccc3)nc(-c3cccc4oc5ccc(-n6c7ccccc7c7ccccc7c7ccccc7c7ccccc76)cc5c34)n2)cc1. The number of hydrogen-bond donors (Lipinski definition) is 0. The summed E-state index contributed by atoms with van der Waals surface area (Å²) in [6.07, 6.45) is 0. The average Bonchev–Trinajstić information content (AvgIpc) is 3.67. The molecule has 3 aromatic heterocycles. The summed E-state index contributed by atoms with van der Waals surface area (Å²) in [5.41, 5.74) is 7.47. The highest BCUT2D eigenvalue weighted by Crippen LogP contribution is 2.39. The fourth-order valence-corrected chi connectivity index (χ4v) is 8.18. The lowest BCUT2D eigenvalue weighted by Crippen LogP contribution is -2.00. The molecule has 0 aliphatic rings. The van der Waals surface area contributed by atoms with Gasteiger partial charge in [-0.15, -0.1) is 0 Å². The molecule has 5 heteroatoms. The highest BCUT2D eigenvalue weighted by Gasteiger charge is 2.19. The summed E-state index contributed by atoms with van der Waals surface area (Å²) < 4.78 is 8.99. The van der Waals surface area contributed by atoms with Crippen LogP contribution in [0.2, 0.25) is 0 Å². The second-order valence-corrected chi connectivity index (χ2v) is 14.0. The standard InChI is InChI=1S/C51H32N4O/c1-3-16-33(17-4-1)49-52-50(34-18-5-2-6-19-34)54-51(53-49)42-26-15-29-47-48(42)43-32-35(30-31-46(43)56-47)55-44-27-13-11-24-40(44)38-22-9-7-20-36(38)37-21-8-10-23-39(37)41-25-12-14-28-45(41)55/h1-32H. The zero-order valence-electron chi connectivity index (χ0n) is 30.2. The van der Waals surface area contributed by atoms with Crippen LogP contribution in [-0.2, 0) is 0 Å². The second-order valence-electron chi connectivity index (χ2n) is 14.0. The van der Waals surface area contributed by atoms with E-state index in [2.05, 4.69) is 126 Å². The Bertz CT molecular complexity index is 3200. The minimum Gasteiger partial charge on any atom is -0.456 e. The lowest BCUT2D eigenvalue weighted by atomic mass is 10.0. The maximum Gasteiger partial charge on any atom is 0.164 e. The Kier molecular flexibility index (Phi) is 7.42. The molecule has 11 aromatic rings. The lowest BCUT2D eigenvalue weighted by Gasteiger charge is -2.14. The smallest absolute Gasteiger partial charge is 0.164 e. The van der Waals surface area contributed by atoms with Crippen LogP contribution in [0, 0.1) is 0 Å². The van der Waals surface area contributed by atoms with Crippen LogP contribution in [0.1, 0.15) is 0 Å². The van der Waals surface area contributed by atoms with Gasteiger partial charge in [0.15, 0.2) is 17.5 Å². The Hall–Kier alpha value is -7.63. The Morgan fingerprint density at radius 2 is 0.804 bits per heavy atom. The molecule has 0 fully saturated rings. The molecule has 0 aliphatic carbocycles. The van der Waals surface area contributed by atoms with Crippen molar-refractivity contribution >= 4 is 65.3 Å². The number of aromatic nitrogens is 4. The van der Waals surface area contributed by atoms with Crippen LogP contribution < -0.4 is 0 Å². The molecule has 0 aliphatic heterocycles. The van der Waals surface area contributed by atoms with E-state index < -0.39 is 0 Å². The van der Waals surface area contributed by atoms with E-state index in [9.17, 15) is 0 Å². The highest BCUT2D eigenvalue weighted by atomic mass is 16.3. The molecule has 0 bridgehead atoms. The van der Waals surface area contributed by atoms with Crippen molar-refractivity contribution in [2.75, 3.05) is 0 Å². The molecule has 0 spiro atoms. The molecule has 0 radical (unpaired) electrons. The van der Waals surface area contributed by atoms with Gasteiger partial charge < -0.3 is 8.98 Å². The maximum absolute atomic E-state index is 6.59. The molecule has 0 unspecified atom stereocenters. The first-order valence-electron chi connectivity index (χ1n) is 18.8. The summed E-state index contributed by atoms with van der Waals surface area (Å²) in [4.78, 5) is 15.2. The van der Waals surface area contributed by atoms with E-state index in [1.807, 2.05) is 72.8 Å². The van der Waals surface area contributed by atoms with Crippen LogP contribution >= 0.6 is 0 Å². The van der Waals surface area contributed by atoms with Crippen LogP contribution in [0.5, 0.6) is 0 Å². The predicted molar refractivity (Wildman–Crippen MR) is 230 cm³/mol. The molecular formula is C51H32N4O. The lowest BCUT2D eigenvalue weighted by molar-refractivity contribution is 0.669. The Morgan fingerprint density at radius 3 is 1.36 bits per heavy atom. The van der Waals surface area contributed by atoms with Crippen LogP contribution in [0.25, 0.3) is 105 Å². The van der Waals surface area contributed by atoms with Crippen LogP contribution in [0.15, 0.2) is 199 Å². The third-order valence-electron chi connectivity index (χ3n) is 10.7. The summed E-state index contributed by atoms with van der Waals surface area (Å²) in [5.74, 6) is 1.82. The van der Waals surface area contributed by atoms with E-state index in [1.54, 1.807) is 0 Å². The Morgan fingerprint density at radius 1 is 0.339 bits per heavy atom. The molecule has 11 rings (SSSR count). The predicted octanol–water partition coefficient (Wildman–Crippen LogP) is 13.3. The van der Waals surface area contributed by atoms with Gasteiger partial charge in [-0.05, 0) is 57.9 Å². The summed E-state index contributed by atoms with van der Waals surface area (Å²) in [6, 6.07) is 67.7. The van der Waals surface area contributed by atoms with E-state index in [0.29, 0.717) is 17.5 Å². The molecule has 8 aromatic carbocycles. The van der Waals surface area contributed by atoms with E-state index >= 15 is 0 Å². The topological polar surface area (TPSA) is 56.7 Å². The van der Waals surface area contributed by atoms with Crippen molar-refractivity contribution in [1.82, 2.24) is 19.5 Å². The molecule has 56 heavy (non-hydrogen) atoms. The zero-order valence-corrected chi connectivity index (χ0v) is 30.2. The second kappa shape index (κ2) is 13.0. The van der Waals surface area contributed by atoms with Crippen molar-refractivity contribution < 1.29 is 4.42 Å². The van der Waals surface area contributed by atoms with E-state index in [0.717, 1.165) is 66.1 Å².